The summed E-state index contributed by atoms with van der Waals surface area (Å²) in [4.78, 5) is 19.1. The molecule has 1 aromatic carbocycles. The third-order valence-electron chi connectivity index (χ3n) is 5.32. The van der Waals surface area contributed by atoms with Crippen LogP contribution in [0.5, 0.6) is 11.5 Å². The van der Waals surface area contributed by atoms with E-state index in [4.69, 9.17) is 18.7 Å². The molecule has 1 atom stereocenters. The van der Waals surface area contributed by atoms with Crippen molar-refractivity contribution in [2.45, 2.75) is 38.6 Å². The maximum absolute atomic E-state index is 12.5. The van der Waals surface area contributed by atoms with Crippen molar-refractivity contribution in [3.63, 3.8) is 0 Å². The second-order valence-electron chi connectivity index (χ2n) is 7.44. The molecule has 0 spiro atoms. The van der Waals surface area contributed by atoms with Crippen molar-refractivity contribution in [3.05, 3.63) is 35.5 Å². The maximum Gasteiger partial charge on any atom is 0.227 e. The SMILES string of the molecule is CCCc1noc(CCC(=O)NCC(c2ccc(OC)c(OC)c2)N2CCOCC2)n1. The highest BCUT2D eigenvalue weighted by molar-refractivity contribution is 5.76. The zero-order valence-electron chi connectivity index (χ0n) is 18.6. The van der Waals surface area contributed by atoms with Crippen molar-refractivity contribution in [2.75, 3.05) is 47.1 Å². The van der Waals surface area contributed by atoms with Crippen LogP contribution in [0, 0.1) is 0 Å². The molecule has 9 nitrogen and oxygen atoms in total. The van der Waals surface area contributed by atoms with Crippen LogP contribution in [0.15, 0.2) is 22.7 Å². The molecule has 2 heterocycles. The Labute approximate surface area is 183 Å². The summed E-state index contributed by atoms with van der Waals surface area (Å²) < 4.78 is 21.5. The Hall–Kier alpha value is -2.65. The first-order valence-electron chi connectivity index (χ1n) is 10.8. The van der Waals surface area contributed by atoms with Gasteiger partial charge in [-0.3, -0.25) is 9.69 Å². The van der Waals surface area contributed by atoms with Gasteiger partial charge in [0, 0.05) is 38.9 Å². The van der Waals surface area contributed by atoms with Crippen molar-refractivity contribution < 1.29 is 23.5 Å². The summed E-state index contributed by atoms with van der Waals surface area (Å²) in [7, 11) is 3.24. The molecule has 1 amide bonds. The number of benzene rings is 1. The Morgan fingerprint density at radius 2 is 1.97 bits per heavy atom. The van der Waals surface area contributed by atoms with E-state index in [1.54, 1.807) is 14.2 Å². The lowest BCUT2D eigenvalue weighted by molar-refractivity contribution is -0.121. The maximum atomic E-state index is 12.5. The third kappa shape index (κ3) is 6.41. The molecule has 31 heavy (non-hydrogen) atoms. The number of rotatable bonds is 11. The van der Waals surface area contributed by atoms with Gasteiger partial charge in [0.15, 0.2) is 17.3 Å². The minimum absolute atomic E-state index is 0.00668. The topological polar surface area (TPSA) is 99.0 Å². The number of aryl methyl sites for hydroxylation is 2. The predicted molar refractivity (Wildman–Crippen MR) is 114 cm³/mol. The number of ether oxygens (including phenoxy) is 3. The van der Waals surface area contributed by atoms with E-state index in [2.05, 4.69) is 27.3 Å². The molecule has 0 aliphatic carbocycles. The van der Waals surface area contributed by atoms with Gasteiger partial charge >= 0.3 is 0 Å². The van der Waals surface area contributed by atoms with Gasteiger partial charge in [-0.25, -0.2) is 0 Å². The van der Waals surface area contributed by atoms with Crippen LogP contribution in [-0.2, 0) is 22.4 Å². The lowest BCUT2D eigenvalue weighted by Crippen LogP contribution is -2.43. The van der Waals surface area contributed by atoms with E-state index >= 15 is 0 Å². The first-order chi connectivity index (χ1) is 15.1. The number of nitrogens with one attached hydrogen (secondary N) is 1. The molecule has 2 aromatic rings. The van der Waals surface area contributed by atoms with Crippen LogP contribution in [0.25, 0.3) is 0 Å². The van der Waals surface area contributed by atoms with E-state index in [9.17, 15) is 4.79 Å². The largest absolute Gasteiger partial charge is 0.493 e. The second-order valence-corrected chi connectivity index (χ2v) is 7.44. The fourth-order valence-electron chi connectivity index (χ4n) is 3.64. The number of hydrogen-bond acceptors (Lipinski definition) is 8. The van der Waals surface area contributed by atoms with Gasteiger partial charge in [-0.05, 0) is 24.1 Å². The number of carbonyl (C=O) groups excluding carboxylic acids is 1. The molecule has 1 aromatic heterocycles. The Morgan fingerprint density at radius 3 is 2.68 bits per heavy atom. The standard InChI is InChI=1S/C22H32N4O5/c1-4-5-20-24-22(31-25-20)9-8-21(27)23-15-17(26-10-12-30-13-11-26)16-6-7-18(28-2)19(14-16)29-3/h6-7,14,17H,4-5,8-13,15H2,1-3H3,(H,23,27). The zero-order valence-corrected chi connectivity index (χ0v) is 18.6. The number of nitrogens with zero attached hydrogens (tertiary/aromatic N) is 3. The Kier molecular flexibility index (Phi) is 8.66. The Bertz CT molecular complexity index is 835. The van der Waals surface area contributed by atoms with Gasteiger partial charge in [-0.15, -0.1) is 0 Å². The lowest BCUT2D eigenvalue weighted by atomic mass is 10.0. The van der Waals surface area contributed by atoms with Gasteiger partial charge in [0.05, 0.1) is 33.5 Å². The molecule has 0 radical (unpaired) electrons. The molecule has 0 bridgehead atoms. The molecule has 9 heteroatoms. The molecule has 170 valence electrons. The van der Waals surface area contributed by atoms with E-state index in [0.29, 0.717) is 55.8 Å². The predicted octanol–water partition coefficient (Wildman–Crippen LogP) is 2.16. The number of morpholine rings is 1. The molecule has 0 saturated carbocycles. The first-order valence-corrected chi connectivity index (χ1v) is 10.8. The molecule has 3 rings (SSSR count). The van der Waals surface area contributed by atoms with Crippen molar-refractivity contribution >= 4 is 5.91 Å². The summed E-state index contributed by atoms with van der Waals surface area (Å²) in [5.41, 5.74) is 1.06. The van der Waals surface area contributed by atoms with Crippen LogP contribution in [0.1, 0.15) is 43.1 Å². The third-order valence-corrected chi connectivity index (χ3v) is 5.32. The van der Waals surface area contributed by atoms with Crippen LogP contribution >= 0.6 is 0 Å². The van der Waals surface area contributed by atoms with Crippen molar-refractivity contribution in [1.29, 1.82) is 0 Å². The number of hydrogen-bond donors (Lipinski definition) is 1. The number of carbonyl (C=O) groups is 1. The zero-order chi connectivity index (χ0) is 22.1. The summed E-state index contributed by atoms with van der Waals surface area (Å²) in [5.74, 6) is 2.50. The van der Waals surface area contributed by atoms with E-state index in [0.717, 1.165) is 31.5 Å². The second kappa shape index (κ2) is 11.7. The summed E-state index contributed by atoms with van der Waals surface area (Å²) in [6.45, 7) is 5.50. The fourth-order valence-corrected chi connectivity index (χ4v) is 3.64. The van der Waals surface area contributed by atoms with Gasteiger partial charge in [-0.1, -0.05) is 18.1 Å². The van der Waals surface area contributed by atoms with Crippen LogP contribution in [0.4, 0.5) is 0 Å². The van der Waals surface area contributed by atoms with Crippen LogP contribution < -0.4 is 14.8 Å². The minimum Gasteiger partial charge on any atom is -0.493 e. The van der Waals surface area contributed by atoms with Gasteiger partial charge < -0.3 is 24.1 Å². The molecular weight excluding hydrogens is 400 g/mol. The Morgan fingerprint density at radius 1 is 1.19 bits per heavy atom. The van der Waals surface area contributed by atoms with E-state index in [-0.39, 0.29) is 11.9 Å². The van der Waals surface area contributed by atoms with Crippen molar-refractivity contribution in [1.82, 2.24) is 20.4 Å². The molecular formula is C22H32N4O5. The van der Waals surface area contributed by atoms with Gasteiger partial charge in [0.25, 0.3) is 0 Å². The number of amides is 1. The van der Waals surface area contributed by atoms with E-state index in [1.165, 1.54) is 0 Å². The van der Waals surface area contributed by atoms with Crippen molar-refractivity contribution in [3.8, 4) is 11.5 Å². The monoisotopic (exact) mass is 432 g/mol. The van der Waals surface area contributed by atoms with Gasteiger partial charge in [0.1, 0.15) is 0 Å². The normalized spacial score (nSPS) is 15.5. The quantitative estimate of drug-likeness (QED) is 0.577. The highest BCUT2D eigenvalue weighted by Crippen LogP contribution is 2.32. The van der Waals surface area contributed by atoms with Crippen LogP contribution in [-0.4, -0.2) is 68.0 Å². The van der Waals surface area contributed by atoms with Gasteiger partial charge in [0.2, 0.25) is 11.8 Å². The van der Waals surface area contributed by atoms with Gasteiger partial charge in [-0.2, -0.15) is 4.98 Å². The number of aromatic nitrogens is 2. The van der Waals surface area contributed by atoms with Crippen molar-refractivity contribution in [2.24, 2.45) is 0 Å². The highest BCUT2D eigenvalue weighted by atomic mass is 16.5. The van der Waals surface area contributed by atoms with Crippen LogP contribution in [0.2, 0.25) is 0 Å². The average molecular weight is 433 g/mol. The fraction of sp³-hybridized carbons (Fsp3) is 0.591. The average Bonchev–Trinajstić information content (AvgIpc) is 3.26. The first kappa shape index (κ1) is 23.0. The van der Waals surface area contributed by atoms with E-state index < -0.39 is 0 Å². The lowest BCUT2D eigenvalue weighted by Gasteiger charge is -2.35. The summed E-state index contributed by atoms with van der Waals surface area (Å²) in [6, 6.07) is 5.89. The number of methoxy groups -OCH3 is 2. The van der Waals surface area contributed by atoms with Crippen LogP contribution in [0.3, 0.4) is 0 Å². The summed E-state index contributed by atoms with van der Waals surface area (Å²) >= 11 is 0. The molecule has 1 unspecified atom stereocenters. The molecule has 1 aliphatic heterocycles. The smallest absolute Gasteiger partial charge is 0.227 e. The summed E-state index contributed by atoms with van der Waals surface area (Å²) in [6.07, 6.45) is 2.47. The highest BCUT2D eigenvalue weighted by Gasteiger charge is 2.24. The Balaban J connectivity index is 1.62. The minimum atomic E-state index is -0.0472. The molecule has 1 aliphatic rings. The van der Waals surface area contributed by atoms with E-state index in [1.807, 2.05) is 18.2 Å². The molecule has 1 N–H and O–H groups in total. The summed E-state index contributed by atoms with van der Waals surface area (Å²) in [5, 5.41) is 6.99. The molecule has 1 saturated heterocycles. The molecule has 1 fully saturated rings.